The van der Waals surface area contributed by atoms with E-state index in [9.17, 15) is 4.79 Å². The van der Waals surface area contributed by atoms with Crippen molar-refractivity contribution in [2.45, 2.75) is 58.2 Å². The van der Waals surface area contributed by atoms with Gasteiger partial charge in [-0.25, -0.2) is 9.78 Å². The number of rotatable bonds is 4. The minimum absolute atomic E-state index is 0.162. The lowest BCUT2D eigenvalue weighted by Gasteiger charge is -2.30. The van der Waals surface area contributed by atoms with E-state index in [0.717, 1.165) is 36.8 Å². The Morgan fingerprint density at radius 1 is 1.33 bits per heavy atom. The van der Waals surface area contributed by atoms with Crippen LogP contribution in [-0.2, 0) is 11.3 Å². The molecule has 0 radical (unpaired) electrons. The van der Waals surface area contributed by atoms with E-state index >= 15 is 0 Å². The van der Waals surface area contributed by atoms with E-state index in [1.807, 2.05) is 13.8 Å². The van der Waals surface area contributed by atoms with Crippen LogP contribution in [0.2, 0.25) is 0 Å². The summed E-state index contributed by atoms with van der Waals surface area (Å²) in [5.41, 5.74) is 0.865. The molecule has 1 aliphatic carbocycles. The summed E-state index contributed by atoms with van der Waals surface area (Å²) < 4.78 is 11.2. The Kier molecular flexibility index (Phi) is 4.14. The quantitative estimate of drug-likeness (QED) is 0.890. The van der Waals surface area contributed by atoms with Gasteiger partial charge < -0.3 is 19.8 Å². The van der Waals surface area contributed by atoms with E-state index in [4.69, 9.17) is 9.15 Å². The Labute approximate surface area is 124 Å². The normalized spacial score (nSPS) is 25.6. The van der Waals surface area contributed by atoms with Crippen molar-refractivity contribution in [3.63, 3.8) is 0 Å². The Morgan fingerprint density at radius 3 is 2.81 bits per heavy atom. The number of urea groups is 1. The molecule has 3 rings (SSSR count). The Balaban J connectivity index is 1.43. The number of nitrogens with zero attached hydrogens (tertiary/aromatic N) is 1. The molecule has 2 N–H and O–H groups in total. The first-order valence-corrected chi connectivity index (χ1v) is 7.70. The molecule has 6 heteroatoms. The maximum atomic E-state index is 11.9. The molecule has 2 atom stereocenters. The summed E-state index contributed by atoms with van der Waals surface area (Å²) in [7, 11) is 0. The lowest BCUT2D eigenvalue weighted by Crippen LogP contribution is -2.46. The predicted molar refractivity (Wildman–Crippen MR) is 76.8 cm³/mol. The van der Waals surface area contributed by atoms with Crippen molar-refractivity contribution in [1.29, 1.82) is 0 Å². The second kappa shape index (κ2) is 6.05. The number of carbonyl (C=O) groups is 1. The van der Waals surface area contributed by atoms with Gasteiger partial charge in [-0.1, -0.05) is 0 Å². The molecule has 2 heterocycles. The van der Waals surface area contributed by atoms with Gasteiger partial charge in [0.05, 0.1) is 18.3 Å². The van der Waals surface area contributed by atoms with Crippen molar-refractivity contribution in [2.24, 2.45) is 5.92 Å². The molecule has 116 valence electrons. The van der Waals surface area contributed by atoms with Gasteiger partial charge in [-0.05, 0) is 45.4 Å². The summed E-state index contributed by atoms with van der Waals surface area (Å²) in [6.07, 6.45) is 4.68. The molecule has 2 amide bonds. The molecule has 2 aliphatic rings. The molecule has 1 aliphatic heterocycles. The zero-order valence-corrected chi connectivity index (χ0v) is 12.6. The number of amides is 2. The second-order valence-corrected chi connectivity index (χ2v) is 6.04. The standard InChI is InChI=1S/C15H23N3O3/c1-9-10(2)21-14(17-9)8-16-15(19)18-12-5-6-20-13(7-12)11-3-4-11/h11-13H,3-8H2,1-2H3,(H2,16,18,19)/t12-,13+/m0/s1. The highest BCUT2D eigenvalue weighted by Gasteiger charge is 2.36. The first-order chi connectivity index (χ1) is 10.1. The molecule has 1 aromatic heterocycles. The fraction of sp³-hybridized carbons (Fsp3) is 0.733. The monoisotopic (exact) mass is 293 g/mol. The fourth-order valence-electron chi connectivity index (χ4n) is 2.76. The van der Waals surface area contributed by atoms with Gasteiger partial charge in [-0.2, -0.15) is 0 Å². The Hall–Kier alpha value is -1.56. The third-order valence-corrected chi connectivity index (χ3v) is 4.27. The van der Waals surface area contributed by atoms with Crippen LogP contribution in [0, 0.1) is 19.8 Å². The van der Waals surface area contributed by atoms with Gasteiger partial charge >= 0.3 is 6.03 Å². The zero-order valence-electron chi connectivity index (χ0n) is 12.6. The number of ether oxygens (including phenoxy) is 1. The topological polar surface area (TPSA) is 76.4 Å². The number of oxazole rings is 1. The van der Waals surface area contributed by atoms with Crippen molar-refractivity contribution in [2.75, 3.05) is 6.61 Å². The summed E-state index contributed by atoms with van der Waals surface area (Å²) in [6.45, 7) is 4.81. The number of carbonyl (C=O) groups excluding carboxylic acids is 1. The molecule has 2 fully saturated rings. The van der Waals surface area contributed by atoms with Gasteiger partial charge in [-0.15, -0.1) is 0 Å². The molecular formula is C15H23N3O3. The number of aromatic nitrogens is 1. The number of hydrogen-bond acceptors (Lipinski definition) is 4. The molecule has 0 unspecified atom stereocenters. The van der Waals surface area contributed by atoms with Crippen LogP contribution in [0.3, 0.4) is 0 Å². The molecule has 1 aromatic rings. The molecule has 6 nitrogen and oxygen atoms in total. The smallest absolute Gasteiger partial charge is 0.315 e. The molecule has 0 aromatic carbocycles. The highest BCUT2D eigenvalue weighted by atomic mass is 16.5. The van der Waals surface area contributed by atoms with Crippen LogP contribution < -0.4 is 10.6 Å². The second-order valence-electron chi connectivity index (χ2n) is 6.04. The summed E-state index contributed by atoms with van der Waals surface area (Å²) in [6, 6.07) is 0.0438. The highest BCUT2D eigenvalue weighted by Crippen LogP contribution is 2.38. The molecule has 0 spiro atoms. The van der Waals surface area contributed by atoms with Gasteiger partial charge in [0.25, 0.3) is 0 Å². The van der Waals surface area contributed by atoms with Crippen molar-refractivity contribution in [3.05, 3.63) is 17.3 Å². The third-order valence-electron chi connectivity index (χ3n) is 4.27. The van der Waals surface area contributed by atoms with Crippen LogP contribution in [0.15, 0.2) is 4.42 Å². The lowest BCUT2D eigenvalue weighted by molar-refractivity contribution is -0.00915. The predicted octanol–water partition coefficient (Wildman–Crippen LogP) is 2.05. The van der Waals surface area contributed by atoms with E-state index in [1.165, 1.54) is 12.8 Å². The van der Waals surface area contributed by atoms with Crippen molar-refractivity contribution in [1.82, 2.24) is 15.6 Å². The van der Waals surface area contributed by atoms with Crippen molar-refractivity contribution >= 4 is 6.03 Å². The Bertz CT molecular complexity index is 491. The average molecular weight is 293 g/mol. The molecular weight excluding hydrogens is 270 g/mol. The summed E-state index contributed by atoms with van der Waals surface area (Å²) in [4.78, 5) is 16.2. The summed E-state index contributed by atoms with van der Waals surface area (Å²) >= 11 is 0. The zero-order chi connectivity index (χ0) is 14.8. The van der Waals surface area contributed by atoms with Crippen LogP contribution in [0.25, 0.3) is 0 Å². The van der Waals surface area contributed by atoms with E-state index in [-0.39, 0.29) is 12.1 Å². The van der Waals surface area contributed by atoms with E-state index < -0.39 is 0 Å². The van der Waals surface area contributed by atoms with Gasteiger partial charge in [-0.3, -0.25) is 0 Å². The SMILES string of the molecule is Cc1nc(CNC(=O)N[C@H]2CCO[C@@H](C3CC3)C2)oc1C. The maximum Gasteiger partial charge on any atom is 0.315 e. The van der Waals surface area contributed by atoms with Gasteiger partial charge in [0, 0.05) is 12.6 Å². The molecule has 1 saturated carbocycles. The number of aryl methyl sites for hydroxylation is 2. The lowest BCUT2D eigenvalue weighted by atomic mass is 10.0. The van der Waals surface area contributed by atoms with E-state index in [0.29, 0.717) is 18.5 Å². The molecule has 1 saturated heterocycles. The Morgan fingerprint density at radius 2 is 2.14 bits per heavy atom. The van der Waals surface area contributed by atoms with E-state index in [1.54, 1.807) is 0 Å². The first kappa shape index (κ1) is 14.4. The van der Waals surface area contributed by atoms with Gasteiger partial charge in [0.1, 0.15) is 5.76 Å². The van der Waals surface area contributed by atoms with Crippen molar-refractivity contribution in [3.8, 4) is 0 Å². The number of hydrogen-bond donors (Lipinski definition) is 2. The van der Waals surface area contributed by atoms with Crippen LogP contribution in [0.5, 0.6) is 0 Å². The third kappa shape index (κ3) is 3.75. The van der Waals surface area contributed by atoms with E-state index in [2.05, 4.69) is 15.6 Å². The fourth-order valence-corrected chi connectivity index (χ4v) is 2.76. The van der Waals surface area contributed by atoms with Gasteiger partial charge in [0.2, 0.25) is 5.89 Å². The average Bonchev–Trinajstić information content (AvgIpc) is 3.25. The van der Waals surface area contributed by atoms with Crippen molar-refractivity contribution < 1.29 is 13.9 Å². The van der Waals surface area contributed by atoms with Crippen LogP contribution in [0.1, 0.15) is 43.0 Å². The minimum atomic E-state index is -0.162. The molecule has 0 bridgehead atoms. The summed E-state index contributed by atoms with van der Waals surface area (Å²) in [5, 5.41) is 5.82. The maximum absolute atomic E-state index is 11.9. The van der Waals surface area contributed by atoms with Gasteiger partial charge in [0.15, 0.2) is 0 Å². The van der Waals surface area contributed by atoms with Crippen LogP contribution in [0.4, 0.5) is 4.79 Å². The van der Waals surface area contributed by atoms with Crippen LogP contribution >= 0.6 is 0 Å². The largest absolute Gasteiger partial charge is 0.444 e. The van der Waals surface area contributed by atoms with Crippen LogP contribution in [-0.4, -0.2) is 29.8 Å². The minimum Gasteiger partial charge on any atom is -0.444 e. The molecule has 21 heavy (non-hydrogen) atoms. The first-order valence-electron chi connectivity index (χ1n) is 7.70. The summed E-state index contributed by atoms with van der Waals surface area (Å²) in [5.74, 6) is 2.06. The number of nitrogens with one attached hydrogen (secondary N) is 2. The highest BCUT2D eigenvalue weighted by molar-refractivity contribution is 5.74.